The first-order valence-corrected chi connectivity index (χ1v) is 7.51. The van der Waals surface area contributed by atoms with E-state index < -0.39 is 5.97 Å². The van der Waals surface area contributed by atoms with Crippen LogP contribution in [0.25, 0.3) is 11.3 Å². The van der Waals surface area contributed by atoms with Crippen LogP contribution in [-0.4, -0.2) is 15.6 Å². The Hall–Kier alpha value is -2.36. The van der Waals surface area contributed by atoms with Crippen LogP contribution in [0.4, 0.5) is 0 Å². The zero-order valence-electron chi connectivity index (χ0n) is 12.8. The fraction of sp³-hybridized carbons (Fsp3) is 0.333. The number of aromatic nitrogens is 1. The van der Waals surface area contributed by atoms with Gasteiger partial charge in [-0.3, -0.25) is 9.59 Å². The number of aryl methyl sites for hydroxylation is 2. The Bertz CT molecular complexity index is 800. The van der Waals surface area contributed by atoms with E-state index in [1.54, 1.807) is 10.6 Å². The summed E-state index contributed by atoms with van der Waals surface area (Å²) in [7, 11) is 0. The molecule has 3 rings (SSSR count). The molecular formula is C18H19NO3. The molecule has 22 heavy (non-hydrogen) atoms. The Morgan fingerprint density at radius 1 is 1.23 bits per heavy atom. The van der Waals surface area contributed by atoms with Crippen LogP contribution < -0.4 is 5.56 Å². The minimum absolute atomic E-state index is 0.164. The average molecular weight is 297 g/mol. The fourth-order valence-corrected chi connectivity index (χ4v) is 2.82. The van der Waals surface area contributed by atoms with Crippen molar-refractivity contribution >= 4 is 5.97 Å². The Kier molecular flexibility index (Phi) is 3.61. The summed E-state index contributed by atoms with van der Waals surface area (Å²) in [6.45, 7) is 4.06. The van der Waals surface area contributed by atoms with Crippen LogP contribution >= 0.6 is 0 Å². The lowest BCUT2D eigenvalue weighted by Crippen LogP contribution is -2.26. The third kappa shape index (κ3) is 2.69. The van der Waals surface area contributed by atoms with Gasteiger partial charge in [0, 0.05) is 17.2 Å². The van der Waals surface area contributed by atoms with Gasteiger partial charge < -0.3 is 9.67 Å². The van der Waals surface area contributed by atoms with Gasteiger partial charge in [-0.25, -0.2) is 0 Å². The molecule has 0 atom stereocenters. The molecule has 1 aliphatic carbocycles. The molecule has 1 heterocycles. The molecule has 0 saturated heterocycles. The van der Waals surface area contributed by atoms with Crippen molar-refractivity contribution in [3.63, 3.8) is 0 Å². The highest BCUT2D eigenvalue weighted by Gasteiger charge is 2.28. The maximum absolute atomic E-state index is 12.7. The highest BCUT2D eigenvalue weighted by atomic mass is 16.4. The quantitative estimate of drug-likeness (QED) is 0.943. The third-order valence-electron chi connectivity index (χ3n) is 4.12. The van der Waals surface area contributed by atoms with E-state index in [4.69, 9.17) is 5.11 Å². The Morgan fingerprint density at radius 2 is 1.95 bits per heavy atom. The number of hydrogen-bond acceptors (Lipinski definition) is 2. The molecular weight excluding hydrogens is 278 g/mol. The fourth-order valence-electron chi connectivity index (χ4n) is 2.82. The van der Waals surface area contributed by atoms with Crippen LogP contribution in [0.1, 0.15) is 35.6 Å². The minimum atomic E-state index is -0.973. The maximum atomic E-state index is 12.7. The normalized spacial score (nSPS) is 14.1. The summed E-state index contributed by atoms with van der Waals surface area (Å²) in [6, 6.07) is 9.94. The molecule has 2 aromatic rings. The number of rotatable bonds is 4. The highest BCUT2D eigenvalue weighted by molar-refractivity contribution is 5.71. The third-order valence-corrected chi connectivity index (χ3v) is 4.12. The number of carboxylic acid groups (broad SMARTS) is 1. The molecule has 0 unspecified atom stereocenters. The van der Waals surface area contributed by atoms with Crippen molar-refractivity contribution in [3.8, 4) is 11.3 Å². The molecule has 1 N–H and O–H groups in total. The molecule has 0 radical (unpaired) electrons. The van der Waals surface area contributed by atoms with Gasteiger partial charge in [-0.05, 0) is 44.4 Å². The van der Waals surface area contributed by atoms with Crippen molar-refractivity contribution in [2.24, 2.45) is 0 Å². The van der Waals surface area contributed by atoms with E-state index in [1.165, 1.54) is 0 Å². The van der Waals surface area contributed by atoms with E-state index in [-0.39, 0.29) is 18.0 Å². The first-order chi connectivity index (χ1) is 10.5. The highest BCUT2D eigenvalue weighted by Crippen LogP contribution is 2.38. The monoisotopic (exact) mass is 297 g/mol. The molecule has 1 aromatic heterocycles. The second kappa shape index (κ2) is 5.44. The van der Waals surface area contributed by atoms with Gasteiger partial charge in [0.05, 0.1) is 12.1 Å². The number of pyridine rings is 1. The number of carbonyl (C=O) groups is 1. The summed E-state index contributed by atoms with van der Waals surface area (Å²) in [5.74, 6) is -0.973. The predicted molar refractivity (Wildman–Crippen MR) is 85.2 cm³/mol. The summed E-state index contributed by atoms with van der Waals surface area (Å²) < 4.78 is 1.79. The van der Waals surface area contributed by atoms with Crippen LogP contribution in [0.15, 0.2) is 35.1 Å². The SMILES string of the molecule is Cc1ccc(C)c(-c2ccc(CC(=O)O)c(=O)n2C2CC2)c1. The molecule has 0 amide bonds. The largest absolute Gasteiger partial charge is 0.481 e. The van der Waals surface area contributed by atoms with Crippen LogP contribution in [0, 0.1) is 13.8 Å². The van der Waals surface area contributed by atoms with Crippen molar-refractivity contribution in [1.82, 2.24) is 4.57 Å². The number of aliphatic carboxylic acids is 1. The van der Waals surface area contributed by atoms with Gasteiger partial charge in [-0.2, -0.15) is 0 Å². The molecule has 114 valence electrons. The smallest absolute Gasteiger partial charge is 0.308 e. The van der Waals surface area contributed by atoms with Gasteiger partial charge in [0.1, 0.15) is 0 Å². The van der Waals surface area contributed by atoms with Gasteiger partial charge in [0.25, 0.3) is 5.56 Å². The van der Waals surface area contributed by atoms with Crippen molar-refractivity contribution in [3.05, 3.63) is 57.4 Å². The molecule has 0 bridgehead atoms. The topological polar surface area (TPSA) is 59.3 Å². The van der Waals surface area contributed by atoms with Crippen molar-refractivity contribution in [1.29, 1.82) is 0 Å². The van der Waals surface area contributed by atoms with E-state index >= 15 is 0 Å². The van der Waals surface area contributed by atoms with E-state index in [9.17, 15) is 9.59 Å². The molecule has 1 saturated carbocycles. The number of nitrogens with zero attached hydrogens (tertiary/aromatic N) is 1. The summed E-state index contributed by atoms with van der Waals surface area (Å²) in [5.41, 5.74) is 4.39. The van der Waals surface area contributed by atoms with E-state index in [0.717, 1.165) is 35.2 Å². The minimum Gasteiger partial charge on any atom is -0.481 e. The first-order valence-electron chi connectivity index (χ1n) is 7.51. The van der Waals surface area contributed by atoms with Gasteiger partial charge in [0.2, 0.25) is 0 Å². The summed E-state index contributed by atoms with van der Waals surface area (Å²) in [5, 5.41) is 8.96. The van der Waals surface area contributed by atoms with Crippen molar-refractivity contribution < 1.29 is 9.90 Å². The van der Waals surface area contributed by atoms with Crippen LogP contribution in [0.5, 0.6) is 0 Å². The van der Waals surface area contributed by atoms with E-state index in [1.807, 2.05) is 19.9 Å². The zero-order valence-corrected chi connectivity index (χ0v) is 12.8. The Balaban J connectivity index is 2.20. The number of carboxylic acids is 1. The van der Waals surface area contributed by atoms with Gasteiger partial charge in [-0.15, -0.1) is 0 Å². The van der Waals surface area contributed by atoms with Crippen LogP contribution in [0.2, 0.25) is 0 Å². The van der Waals surface area contributed by atoms with E-state index in [2.05, 4.69) is 18.2 Å². The van der Waals surface area contributed by atoms with Crippen LogP contribution in [-0.2, 0) is 11.2 Å². The Morgan fingerprint density at radius 3 is 2.59 bits per heavy atom. The van der Waals surface area contributed by atoms with Gasteiger partial charge in [-0.1, -0.05) is 23.8 Å². The molecule has 0 aliphatic heterocycles. The zero-order chi connectivity index (χ0) is 15.9. The number of benzene rings is 1. The lowest BCUT2D eigenvalue weighted by atomic mass is 10.0. The second-order valence-electron chi connectivity index (χ2n) is 6.04. The molecule has 1 aromatic carbocycles. The Labute approximate surface area is 129 Å². The van der Waals surface area contributed by atoms with Gasteiger partial charge in [0.15, 0.2) is 0 Å². The first kappa shape index (κ1) is 14.6. The molecule has 4 heteroatoms. The maximum Gasteiger partial charge on any atom is 0.308 e. The van der Waals surface area contributed by atoms with Crippen molar-refractivity contribution in [2.75, 3.05) is 0 Å². The van der Waals surface area contributed by atoms with Crippen molar-refractivity contribution in [2.45, 2.75) is 39.2 Å². The lowest BCUT2D eigenvalue weighted by molar-refractivity contribution is -0.136. The van der Waals surface area contributed by atoms with E-state index in [0.29, 0.717) is 5.56 Å². The predicted octanol–water partition coefficient (Wildman–Crippen LogP) is 3.09. The standard InChI is InChI=1S/C18H19NO3/c1-11-3-4-12(2)15(9-11)16-8-5-13(10-17(20)21)18(22)19(16)14-6-7-14/h3-5,8-9,14H,6-7,10H2,1-2H3,(H,20,21). The summed E-state index contributed by atoms with van der Waals surface area (Å²) >= 11 is 0. The second-order valence-corrected chi connectivity index (χ2v) is 6.04. The summed E-state index contributed by atoms with van der Waals surface area (Å²) in [6.07, 6.45) is 1.74. The molecule has 1 fully saturated rings. The molecule has 1 aliphatic rings. The average Bonchev–Trinajstić information content (AvgIpc) is 3.27. The lowest BCUT2D eigenvalue weighted by Gasteiger charge is -2.16. The number of hydrogen-bond donors (Lipinski definition) is 1. The van der Waals surface area contributed by atoms with Crippen LogP contribution in [0.3, 0.4) is 0 Å². The summed E-state index contributed by atoms with van der Waals surface area (Å²) in [4.78, 5) is 23.6. The molecule has 0 spiro atoms. The molecule has 4 nitrogen and oxygen atoms in total. The van der Waals surface area contributed by atoms with Gasteiger partial charge >= 0.3 is 5.97 Å².